The Morgan fingerprint density at radius 1 is 0.223 bits per heavy atom. The van der Waals surface area contributed by atoms with Gasteiger partial charge in [0.1, 0.15) is 0 Å². The summed E-state index contributed by atoms with van der Waals surface area (Å²) in [6.07, 6.45) is 1.45. The highest BCUT2D eigenvalue weighted by Crippen LogP contribution is 2.50. The van der Waals surface area contributed by atoms with Gasteiger partial charge in [-0.1, -0.05) is 249 Å². The summed E-state index contributed by atoms with van der Waals surface area (Å²) in [5.41, 5.74) is 5.11. The Morgan fingerprint density at radius 3 is 0.597 bits per heavy atom. The first kappa shape index (κ1) is 112. The van der Waals surface area contributed by atoms with Crippen LogP contribution in [0.2, 0.25) is 0 Å². The fourth-order valence-corrected chi connectivity index (χ4v) is 28.9. The highest BCUT2D eigenvalue weighted by Gasteiger charge is 2.36. The second kappa shape index (κ2) is 59.6. The Labute approximate surface area is 827 Å². The molecule has 15 rings (SSSR count). The van der Waals surface area contributed by atoms with Gasteiger partial charge < -0.3 is 47.6 Å². The molecule has 6 unspecified atom stereocenters. The van der Waals surface area contributed by atoms with Gasteiger partial charge in [0, 0.05) is 263 Å². The van der Waals surface area contributed by atoms with Crippen LogP contribution in [0, 0.1) is 0 Å². The molecule has 4 fully saturated rings. The van der Waals surface area contributed by atoms with E-state index in [1.165, 1.54) is 50.7 Å². The normalized spacial score (nSPS) is 18.9. The molecule has 4 saturated heterocycles. The standard InChI is InChI=1S/2C29H39N3O4P2.C27H35N3O4P2.C13H21N3.C8H11O2P/c2*1-35-37(33,28-14-8-4-9-15-28)25-31-20-18-30(24-27-12-6-3-7-13-27)19-21-32(23-22-31)26-38(34,36-2)29-16-10-5-11-17-29;31-35(32,26-12-6-2-7-13-26)23-29-18-16-28(22-25-10-4-1-5-11-25)17-19-30(21-20-29)24-36(33,34)27-14-8-3-9-15-27;1-2-4-13(5-3-1)12-16-10-8-14-6-7-15-9-11-16;1-9-11(10-2)8-6-4-3-5-7-8/h2*3-17H,18-26H2,1-2H3;1-15H,16-24H2,(H,31,32)(H,33,34);1-5,14-15H,6-12H2;3-7H,1-2H3. The molecular weight excluding hydrogens is 1880 g/mol. The molecule has 0 radical (unpaired) electrons. The monoisotopic (exact) mass is 2030 g/mol. The summed E-state index contributed by atoms with van der Waals surface area (Å²) in [6, 6.07) is 107. The van der Waals surface area contributed by atoms with Gasteiger partial charge in [-0.05, 0) is 107 Å². The molecule has 0 spiro atoms. The first-order valence-corrected chi connectivity index (χ1v) is 59.9. The summed E-state index contributed by atoms with van der Waals surface area (Å²) in [7, 11) is -10.8. The number of rotatable bonds is 33. The second-order valence-corrected chi connectivity index (χ2v) is 51.1. The van der Waals surface area contributed by atoms with Crippen molar-refractivity contribution in [3.8, 4) is 0 Å². The van der Waals surface area contributed by atoms with Gasteiger partial charge in [-0.25, -0.2) is 0 Å². The van der Waals surface area contributed by atoms with Crippen molar-refractivity contribution in [1.29, 1.82) is 0 Å². The lowest BCUT2D eigenvalue weighted by atomic mass is 10.2. The maximum Gasteiger partial charge on any atom is 0.245 e. The van der Waals surface area contributed by atoms with Crippen LogP contribution in [0.15, 0.2) is 334 Å². The minimum absolute atomic E-state index is 0.0551. The van der Waals surface area contributed by atoms with Crippen LogP contribution in [0.25, 0.3) is 0 Å². The number of nitrogens with one attached hydrogen (secondary N) is 2. The van der Waals surface area contributed by atoms with Crippen LogP contribution in [-0.4, -0.2) is 296 Å². The number of hydrogen-bond acceptors (Lipinski definition) is 24. The number of hydrogen-bond donors (Lipinski definition) is 4. The van der Waals surface area contributed by atoms with Crippen LogP contribution < -0.4 is 47.8 Å². The van der Waals surface area contributed by atoms with Gasteiger partial charge in [-0.3, -0.25) is 76.4 Å². The summed E-state index contributed by atoms with van der Waals surface area (Å²) < 4.78 is 115. The lowest BCUT2D eigenvalue weighted by Gasteiger charge is -2.30. The number of benzene rings is 11. The van der Waals surface area contributed by atoms with Crippen LogP contribution in [0.3, 0.4) is 0 Å². The highest BCUT2D eigenvalue weighted by atomic mass is 31.2. The van der Waals surface area contributed by atoms with E-state index in [0.29, 0.717) is 88.1 Å². The Balaban J connectivity index is 0.000000176. The topological polar surface area (TPSA) is 255 Å². The molecular formula is C106H145N12O14P7. The summed E-state index contributed by atoms with van der Waals surface area (Å²) in [4.78, 5) is 44.4. The molecule has 0 aromatic heterocycles. The molecule has 4 aliphatic rings. The predicted octanol–water partition coefficient (Wildman–Crippen LogP) is 14.9. The Hall–Kier alpha value is -7.57. The van der Waals surface area contributed by atoms with Crippen LogP contribution >= 0.6 is 52.6 Å². The fourth-order valence-electron chi connectivity index (χ4n) is 16.9. The van der Waals surface area contributed by atoms with Gasteiger partial charge in [0.15, 0.2) is 0 Å². The fraction of sp³-hybridized carbons (Fsp3) is 0.377. The van der Waals surface area contributed by atoms with E-state index in [2.05, 4.69) is 141 Å². The smallest absolute Gasteiger partial charge is 0.245 e. The van der Waals surface area contributed by atoms with E-state index < -0.39 is 52.6 Å². The average molecular weight is 2030 g/mol. The van der Waals surface area contributed by atoms with Crippen LogP contribution in [0.1, 0.15) is 22.3 Å². The minimum Gasteiger partial charge on any atom is -0.340 e. The summed E-state index contributed by atoms with van der Waals surface area (Å²) in [5, 5.41) is 11.8. The van der Waals surface area contributed by atoms with Gasteiger partial charge >= 0.3 is 0 Å². The van der Waals surface area contributed by atoms with E-state index in [4.69, 9.17) is 27.1 Å². The molecule has 33 heteroatoms. The van der Waals surface area contributed by atoms with Gasteiger partial charge in [0.2, 0.25) is 52.6 Å². The van der Waals surface area contributed by atoms with E-state index in [0.717, 1.165) is 157 Å². The van der Waals surface area contributed by atoms with E-state index in [9.17, 15) is 37.2 Å². The van der Waals surface area contributed by atoms with E-state index in [-0.39, 0.29) is 12.6 Å². The molecule has 0 bridgehead atoms. The van der Waals surface area contributed by atoms with Crippen LogP contribution in [0.5, 0.6) is 0 Å². The Morgan fingerprint density at radius 2 is 0.396 bits per heavy atom. The lowest BCUT2D eigenvalue weighted by Crippen LogP contribution is -2.38. The molecule has 4 N–H and O–H groups in total. The zero-order valence-electron chi connectivity index (χ0n) is 81.7. The van der Waals surface area contributed by atoms with Crippen LogP contribution in [-0.2, 0) is 80.7 Å². The Bertz CT molecular complexity index is 5120. The molecule has 139 heavy (non-hydrogen) atoms. The van der Waals surface area contributed by atoms with Crippen molar-refractivity contribution in [3.05, 3.63) is 356 Å². The third-order valence-corrected chi connectivity index (χ3v) is 39.9. The molecule has 26 nitrogen and oxygen atoms in total. The summed E-state index contributed by atoms with van der Waals surface area (Å²) in [6.45, 7) is 23.1. The molecule has 11 aromatic rings. The molecule has 0 saturated carbocycles. The Kier molecular flexibility index (Phi) is 47.9. The van der Waals surface area contributed by atoms with Gasteiger partial charge in [-0.15, -0.1) is 0 Å². The van der Waals surface area contributed by atoms with Crippen molar-refractivity contribution < 1.29 is 64.3 Å². The molecule has 4 aliphatic heterocycles. The van der Waals surface area contributed by atoms with E-state index >= 15 is 0 Å². The first-order chi connectivity index (χ1) is 67.5. The average Bonchev–Trinajstić information content (AvgIpc) is 1.78. The van der Waals surface area contributed by atoms with E-state index in [1.807, 2.05) is 204 Å². The molecule has 4 heterocycles. The maximum atomic E-state index is 13.9. The van der Waals surface area contributed by atoms with Crippen molar-refractivity contribution >= 4 is 89.7 Å². The number of nitrogens with zero attached hydrogens (tertiary/aromatic N) is 10. The second-order valence-electron chi connectivity index (χ2n) is 34.9. The quantitative estimate of drug-likeness (QED) is 0.0279. The van der Waals surface area contributed by atoms with Gasteiger partial charge in [0.25, 0.3) is 0 Å². The zero-order chi connectivity index (χ0) is 98.3. The van der Waals surface area contributed by atoms with Crippen LogP contribution in [0.4, 0.5) is 0 Å². The van der Waals surface area contributed by atoms with Crippen molar-refractivity contribution in [2.24, 2.45) is 0 Å². The molecule has 6 atom stereocenters. The van der Waals surface area contributed by atoms with E-state index in [1.54, 1.807) is 62.8 Å². The third kappa shape index (κ3) is 37.8. The van der Waals surface area contributed by atoms with Crippen molar-refractivity contribution in [2.75, 3.05) is 237 Å². The lowest BCUT2D eigenvalue weighted by molar-refractivity contribution is 0.220. The summed E-state index contributed by atoms with van der Waals surface area (Å²) in [5.74, 6) is 0. The molecule has 748 valence electrons. The van der Waals surface area contributed by atoms with Crippen molar-refractivity contribution in [2.45, 2.75) is 26.2 Å². The SMILES string of the molecule is COP(=O)(CN1CCN(Cc2ccccc2)CCN(CP(=O)(OC)c2ccccc2)CC1)c1ccccc1.COP(=O)(CN1CCN(Cc2ccccc2)CCN(CP(=O)(OC)c2ccccc2)CC1)c1ccccc1.COP(OC)c1ccccc1.O=P(O)(CN1CCN(Cc2ccccc2)CCN(CP(=O)(O)c2ccccc2)CC1)c1ccccc1.c1ccc(CN2CCNCCNCC2)cc1. The summed E-state index contributed by atoms with van der Waals surface area (Å²) >= 11 is 0. The maximum absolute atomic E-state index is 13.9. The predicted molar refractivity (Wildman–Crippen MR) is 573 cm³/mol. The largest absolute Gasteiger partial charge is 0.340 e. The first-order valence-electron chi connectivity index (χ1n) is 47.8. The van der Waals surface area contributed by atoms with Crippen molar-refractivity contribution in [3.63, 3.8) is 0 Å². The van der Waals surface area contributed by atoms with Gasteiger partial charge in [0.05, 0.1) is 37.7 Å². The molecule has 0 aliphatic carbocycles. The molecule has 11 aromatic carbocycles. The van der Waals surface area contributed by atoms with Crippen molar-refractivity contribution in [1.82, 2.24) is 59.6 Å². The molecule has 0 amide bonds. The zero-order valence-corrected chi connectivity index (χ0v) is 88.0. The highest BCUT2D eigenvalue weighted by molar-refractivity contribution is 7.68. The minimum atomic E-state index is -3.57. The third-order valence-electron chi connectivity index (χ3n) is 25.0. The van der Waals surface area contributed by atoms with Gasteiger partial charge in [-0.2, -0.15) is 0 Å².